The maximum Gasteiger partial charge on any atom is 0.245 e. The Labute approximate surface area is 100 Å². The number of hydrogen-bond acceptors (Lipinski definition) is 3. The molecule has 90 valence electrons. The van der Waals surface area contributed by atoms with Crippen molar-refractivity contribution in [3.63, 3.8) is 0 Å². The van der Waals surface area contributed by atoms with Crippen LogP contribution in [0.2, 0.25) is 0 Å². The van der Waals surface area contributed by atoms with E-state index in [1.165, 1.54) is 6.42 Å². The summed E-state index contributed by atoms with van der Waals surface area (Å²) in [6.45, 7) is 2.70. The van der Waals surface area contributed by atoms with Crippen molar-refractivity contribution >= 4 is 23.6 Å². The van der Waals surface area contributed by atoms with E-state index in [2.05, 4.69) is 11.6 Å². The Balaban J connectivity index is 2.02. The highest BCUT2D eigenvalue weighted by Crippen LogP contribution is 2.43. The summed E-state index contributed by atoms with van der Waals surface area (Å²) >= 11 is 1.83. The SMILES string of the molecule is CSC1(CN2CC(=O)NC(C)C2=O)CCC1. The Morgan fingerprint density at radius 3 is 2.69 bits per heavy atom. The maximum absolute atomic E-state index is 11.9. The van der Waals surface area contributed by atoms with E-state index in [9.17, 15) is 9.59 Å². The first-order valence-corrected chi connectivity index (χ1v) is 6.92. The second-order valence-corrected chi connectivity index (χ2v) is 6.00. The molecule has 2 amide bonds. The van der Waals surface area contributed by atoms with Gasteiger partial charge in [0.2, 0.25) is 11.8 Å². The second kappa shape index (κ2) is 4.28. The van der Waals surface area contributed by atoms with Crippen LogP contribution in [-0.2, 0) is 9.59 Å². The lowest BCUT2D eigenvalue weighted by molar-refractivity contribution is -0.144. The average Bonchev–Trinajstić information content (AvgIpc) is 2.18. The predicted molar refractivity (Wildman–Crippen MR) is 64.3 cm³/mol. The Kier molecular flexibility index (Phi) is 3.15. The molecule has 1 aliphatic carbocycles. The number of carbonyl (C=O) groups excluding carboxylic acids is 2. The van der Waals surface area contributed by atoms with Gasteiger partial charge in [-0.05, 0) is 26.0 Å². The summed E-state index contributed by atoms with van der Waals surface area (Å²) in [7, 11) is 0. The van der Waals surface area contributed by atoms with Crippen molar-refractivity contribution in [3.05, 3.63) is 0 Å². The molecule has 0 radical (unpaired) electrons. The fourth-order valence-corrected chi connectivity index (χ4v) is 3.34. The van der Waals surface area contributed by atoms with Crippen molar-refractivity contribution in [2.45, 2.75) is 37.0 Å². The van der Waals surface area contributed by atoms with Gasteiger partial charge in [-0.25, -0.2) is 0 Å². The van der Waals surface area contributed by atoms with Crippen LogP contribution in [0.4, 0.5) is 0 Å². The van der Waals surface area contributed by atoms with Crippen molar-refractivity contribution in [1.82, 2.24) is 10.2 Å². The van der Waals surface area contributed by atoms with E-state index in [1.54, 1.807) is 11.8 Å². The van der Waals surface area contributed by atoms with Crippen molar-refractivity contribution < 1.29 is 9.59 Å². The Morgan fingerprint density at radius 2 is 2.19 bits per heavy atom. The fourth-order valence-electron chi connectivity index (χ4n) is 2.35. The highest BCUT2D eigenvalue weighted by Gasteiger charge is 2.41. The van der Waals surface area contributed by atoms with Crippen LogP contribution in [0.15, 0.2) is 0 Å². The van der Waals surface area contributed by atoms with E-state index in [0.717, 1.165) is 19.4 Å². The number of carbonyl (C=O) groups is 2. The lowest BCUT2D eigenvalue weighted by Gasteiger charge is -2.45. The predicted octanol–water partition coefficient (Wildman–Crippen LogP) is 0.619. The number of nitrogens with zero attached hydrogens (tertiary/aromatic N) is 1. The van der Waals surface area contributed by atoms with Crippen LogP contribution >= 0.6 is 11.8 Å². The maximum atomic E-state index is 11.9. The highest BCUT2D eigenvalue weighted by atomic mass is 32.2. The quantitative estimate of drug-likeness (QED) is 0.789. The zero-order valence-corrected chi connectivity index (χ0v) is 10.6. The van der Waals surface area contributed by atoms with Gasteiger partial charge in [0.25, 0.3) is 0 Å². The summed E-state index contributed by atoms with van der Waals surface area (Å²) in [4.78, 5) is 25.0. The smallest absolute Gasteiger partial charge is 0.245 e. The van der Waals surface area contributed by atoms with Crippen molar-refractivity contribution in [3.8, 4) is 0 Å². The molecule has 0 aromatic heterocycles. The van der Waals surface area contributed by atoms with E-state index in [-0.39, 0.29) is 29.1 Å². The third kappa shape index (κ3) is 2.05. The third-order valence-corrected chi connectivity index (χ3v) is 4.97. The summed E-state index contributed by atoms with van der Waals surface area (Å²) in [6.07, 6.45) is 5.66. The van der Waals surface area contributed by atoms with Gasteiger partial charge in [0, 0.05) is 11.3 Å². The Bertz CT molecular complexity index is 310. The first-order valence-electron chi connectivity index (χ1n) is 5.70. The molecule has 0 aromatic carbocycles. The number of rotatable bonds is 3. The molecule has 1 saturated heterocycles. The molecule has 5 heteroatoms. The fraction of sp³-hybridized carbons (Fsp3) is 0.818. The van der Waals surface area contributed by atoms with E-state index < -0.39 is 0 Å². The summed E-state index contributed by atoms with van der Waals surface area (Å²) < 4.78 is 0.215. The minimum absolute atomic E-state index is 0.0392. The average molecular weight is 242 g/mol. The van der Waals surface area contributed by atoms with Crippen molar-refractivity contribution in [1.29, 1.82) is 0 Å². The van der Waals surface area contributed by atoms with Crippen molar-refractivity contribution in [2.24, 2.45) is 0 Å². The van der Waals surface area contributed by atoms with Gasteiger partial charge in [-0.15, -0.1) is 0 Å². The molecule has 1 unspecified atom stereocenters. The zero-order chi connectivity index (χ0) is 11.8. The van der Waals surface area contributed by atoms with E-state index in [4.69, 9.17) is 0 Å². The van der Waals surface area contributed by atoms with Gasteiger partial charge >= 0.3 is 0 Å². The molecule has 1 atom stereocenters. The lowest BCUT2D eigenvalue weighted by atomic mass is 9.83. The van der Waals surface area contributed by atoms with Crippen LogP contribution in [-0.4, -0.2) is 46.8 Å². The molecule has 1 aliphatic heterocycles. The van der Waals surface area contributed by atoms with E-state index in [1.807, 2.05) is 11.8 Å². The summed E-state index contributed by atoms with van der Waals surface area (Å²) in [5.74, 6) is 0.0163. The topological polar surface area (TPSA) is 49.4 Å². The Morgan fingerprint density at radius 1 is 1.50 bits per heavy atom. The molecule has 2 aliphatic rings. The van der Waals surface area contributed by atoms with E-state index >= 15 is 0 Å². The molecule has 1 N–H and O–H groups in total. The number of nitrogens with one attached hydrogen (secondary N) is 1. The number of thioether (sulfide) groups is 1. The van der Waals surface area contributed by atoms with Crippen LogP contribution in [0.5, 0.6) is 0 Å². The molecule has 2 fully saturated rings. The number of amides is 2. The van der Waals surface area contributed by atoms with Gasteiger partial charge in [-0.2, -0.15) is 11.8 Å². The standard InChI is InChI=1S/C11H18N2O2S/c1-8-10(15)13(6-9(14)12-8)7-11(16-2)4-3-5-11/h8H,3-7H2,1-2H3,(H,12,14). The minimum atomic E-state index is -0.361. The molecule has 0 spiro atoms. The molecule has 4 nitrogen and oxygen atoms in total. The summed E-state index contributed by atoms with van der Waals surface area (Å²) in [6, 6.07) is -0.361. The summed E-state index contributed by atoms with van der Waals surface area (Å²) in [5.41, 5.74) is 0. The lowest BCUT2D eigenvalue weighted by Crippen LogP contribution is -2.60. The molecule has 0 aromatic rings. The van der Waals surface area contributed by atoms with Gasteiger partial charge in [-0.3, -0.25) is 9.59 Å². The van der Waals surface area contributed by atoms with Gasteiger partial charge in [0.05, 0.1) is 6.54 Å². The van der Waals surface area contributed by atoms with Crippen LogP contribution in [0.25, 0.3) is 0 Å². The zero-order valence-electron chi connectivity index (χ0n) is 9.78. The minimum Gasteiger partial charge on any atom is -0.343 e. The first-order chi connectivity index (χ1) is 7.56. The van der Waals surface area contributed by atoms with Gasteiger partial charge < -0.3 is 10.2 Å². The van der Waals surface area contributed by atoms with Crippen molar-refractivity contribution in [2.75, 3.05) is 19.3 Å². The first kappa shape index (κ1) is 11.8. The molecular weight excluding hydrogens is 224 g/mol. The molecule has 16 heavy (non-hydrogen) atoms. The molecule has 2 rings (SSSR count). The largest absolute Gasteiger partial charge is 0.343 e. The van der Waals surface area contributed by atoms with Crippen LogP contribution in [0.1, 0.15) is 26.2 Å². The molecule has 1 heterocycles. The summed E-state index contributed by atoms with van der Waals surface area (Å²) in [5, 5.41) is 2.66. The van der Waals surface area contributed by atoms with E-state index in [0.29, 0.717) is 0 Å². The molecular formula is C11H18N2O2S. The van der Waals surface area contributed by atoms with Crippen LogP contribution in [0, 0.1) is 0 Å². The van der Waals surface area contributed by atoms with Gasteiger partial charge in [0.1, 0.15) is 6.04 Å². The Hall–Kier alpha value is -0.710. The normalized spacial score (nSPS) is 28.6. The highest BCUT2D eigenvalue weighted by molar-refractivity contribution is 8.00. The van der Waals surface area contributed by atoms with Gasteiger partial charge in [0.15, 0.2) is 0 Å². The molecule has 0 bridgehead atoms. The number of piperazine rings is 1. The van der Waals surface area contributed by atoms with Crippen LogP contribution < -0.4 is 5.32 Å². The third-order valence-electron chi connectivity index (χ3n) is 3.57. The monoisotopic (exact) mass is 242 g/mol. The van der Waals surface area contributed by atoms with Crippen LogP contribution in [0.3, 0.4) is 0 Å². The second-order valence-electron chi connectivity index (χ2n) is 4.72. The number of hydrogen-bond donors (Lipinski definition) is 1. The molecule has 1 saturated carbocycles. The van der Waals surface area contributed by atoms with Gasteiger partial charge in [-0.1, -0.05) is 6.42 Å².